The number of rotatable bonds is 3. The van der Waals surface area contributed by atoms with Crippen LogP contribution in [0, 0.1) is 12.3 Å². The van der Waals surface area contributed by atoms with Crippen LogP contribution in [0.4, 0.5) is 0 Å². The molecular formula is C38H34NO+. The van der Waals surface area contributed by atoms with Gasteiger partial charge in [-0.2, -0.15) is 0 Å². The number of furan rings is 1. The summed E-state index contributed by atoms with van der Waals surface area (Å²) in [6.07, 6.45) is 3.31. The molecular weight excluding hydrogens is 486 g/mol. The number of para-hydroxylation sites is 1. The number of aromatic nitrogens is 1. The van der Waals surface area contributed by atoms with Gasteiger partial charge in [0, 0.05) is 28.0 Å². The molecule has 0 saturated heterocycles. The minimum absolute atomic E-state index is 0.243. The molecule has 7 aromatic rings. The number of hydrogen-bond acceptors (Lipinski definition) is 1. The lowest BCUT2D eigenvalue weighted by Crippen LogP contribution is -2.32. The van der Waals surface area contributed by atoms with Crippen molar-refractivity contribution in [3.63, 3.8) is 0 Å². The summed E-state index contributed by atoms with van der Waals surface area (Å²) in [4.78, 5) is 0. The van der Waals surface area contributed by atoms with E-state index in [2.05, 4.69) is 143 Å². The van der Waals surface area contributed by atoms with Gasteiger partial charge in [0.25, 0.3) is 0 Å². The van der Waals surface area contributed by atoms with Crippen LogP contribution in [0.1, 0.15) is 31.9 Å². The molecule has 0 saturated carbocycles. The molecule has 0 unspecified atom stereocenters. The average molecular weight is 521 g/mol. The summed E-state index contributed by atoms with van der Waals surface area (Å²) in [7, 11) is 2.15. The maximum Gasteiger partial charge on any atom is 0.216 e. The minimum Gasteiger partial charge on any atom is -0.454 e. The Labute approximate surface area is 235 Å². The highest BCUT2D eigenvalue weighted by atomic mass is 16.3. The van der Waals surface area contributed by atoms with Crippen molar-refractivity contribution >= 4 is 43.5 Å². The van der Waals surface area contributed by atoms with E-state index in [-0.39, 0.29) is 5.41 Å². The quantitative estimate of drug-likeness (QED) is 0.167. The van der Waals surface area contributed by atoms with Gasteiger partial charge in [-0.1, -0.05) is 99.6 Å². The van der Waals surface area contributed by atoms with Crippen LogP contribution in [0.2, 0.25) is 0 Å². The summed E-state index contributed by atoms with van der Waals surface area (Å²) in [5.74, 6) is 0. The monoisotopic (exact) mass is 520 g/mol. The maximum absolute atomic E-state index is 6.92. The molecule has 40 heavy (non-hydrogen) atoms. The number of aryl methyl sites for hydroxylation is 2. The van der Waals surface area contributed by atoms with Gasteiger partial charge in [0.2, 0.25) is 5.69 Å². The molecule has 0 aliphatic heterocycles. The Morgan fingerprint density at radius 2 is 1.35 bits per heavy atom. The maximum atomic E-state index is 6.92. The van der Waals surface area contributed by atoms with E-state index >= 15 is 0 Å². The van der Waals surface area contributed by atoms with E-state index in [0.717, 1.165) is 45.2 Å². The van der Waals surface area contributed by atoms with E-state index in [0.29, 0.717) is 0 Å². The minimum atomic E-state index is 0.243. The molecule has 0 bridgehead atoms. The number of benzene rings is 5. The van der Waals surface area contributed by atoms with Gasteiger partial charge in [0.05, 0.1) is 5.56 Å². The van der Waals surface area contributed by atoms with Crippen LogP contribution in [-0.4, -0.2) is 0 Å². The highest BCUT2D eigenvalue weighted by molar-refractivity contribution is 6.18. The lowest BCUT2D eigenvalue weighted by molar-refractivity contribution is -0.660. The zero-order valence-electron chi connectivity index (χ0n) is 23.9. The van der Waals surface area contributed by atoms with Crippen molar-refractivity contribution in [2.24, 2.45) is 12.5 Å². The molecule has 0 amide bonds. The predicted molar refractivity (Wildman–Crippen MR) is 169 cm³/mol. The van der Waals surface area contributed by atoms with E-state index in [1.54, 1.807) is 0 Å². The van der Waals surface area contributed by atoms with Crippen LogP contribution in [0.3, 0.4) is 0 Å². The third-order valence-electron chi connectivity index (χ3n) is 8.12. The van der Waals surface area contributed by atoms with Crippen molar-refractivity contribution in [3.05, 3.63) is 114 Å². The smallest absolute Gasteiger partial charge is 0.216 e. The van der Waals surface area contributed by atoms with Crippen molar-refractivity contribution in [2.45, 2.75) is 34.1 Å². The van der Waals surface area contributed by atoms with Crippen molar-refractivity contribution in [3.8, 4) is 22.4 Å². The van der Waals surface area contributed by atoms with Crippen LogP contribution in [0.5, 0.6) is 0 Å². The Hall–Kier alpha value is -4.43. The fourth-order valence-electron chi connectivity index (χ4n) is 6.41. The number of hydrogen-bond donors (Lipinski definition) is 0. The van der Waals surface area contributed by atoms with Crippen molar-refractivity contribution in [2.75, 3.05) is 0 Å². The molecule has 0 fully saturated rings. The Morgan fingerprint density at radius 3 is 2.12 bits per heavy atom. The summed E-state index contributed by atoms with van der Waals surface area (Å²) in [5, 5.41) is 7.33. The SMILES string of the molecule is Cc1ccc2c(oc3c(-c4cc5ccccc5c5ccccc45)cccc32)c1-c1ccc(CC(C)(C)C)c[n+]1C. The summed E-state index contributed by atoms with van der Waals surface area (Å²) >= 11 is 0. The molecule has 7 rings (SSSR count). The van der Waals surface area contributed by atoms with Crippen molar-refractivity contribution in [1.82, 2.24) is 0 Å². The second-order valence-electron chi connectivity index (χ2n) is 12.4. The molecule has 0 aliphatic rings. The molecule has 5 aromatic carbocycles. The number of nitrogens with zero attached hydrogens (tertiary/aromatic N) is 1. The van der Waals surface area contributed by atoms with E-state index in [9.17, 15) is 0 Å². The topological polar surface area (TPSA) is 17.0 Å². The Kier molecular flexibility index (Phi) is 5.57. The summed E-state index contributed by atoms with van der Waals surface area (Å²) < 4.78 is 9.18. The van der Waals surface area contributed by atoms with Crippen LogP contribution >= 0.6 is 0 Å². The van der Waals surface area contributed by atoms with Crippen molar-refractivity contribution in [1.29, 1.82) is 0 Å². The van der Waals surface area contributed by atoms with Crippen molar-refractivity contribution < 1.29 is 8.98 Å². The first kappa shape index (κ1) is 24.6. The van der Waals surface area contributed by atoms with Crippen LogP contribution in [-0.2, 0) is 13.5 Å². The van der Waals surface area contributed by atoms with E-state index in [1.165, 1.54) is 38.2 Å². The predicted octanol–water partition coefficient (Wildman–Crippen LogP) is 9.95. The van der Waals surface area contributed by atoms with Gasteiger partial charge >= 0.3 is 0 Å². The molecule has 2 heteroatoms. The summed E-state index contributed by atoms with van der Waals surface area (Å²) in [6.45, 7) is 9.05. The fourth-order valence-corrected chi connectivity index (χ4v) is 6.41. The lowest BCUT2D eigenvalue weighted by Gasteiger charge is -2.17. The first-order valence-corrected chi connectivity index (χ1v) is 14.1. The van der Waals surface area contributed by atoms with E-state index < -0.39 is 0 Å². The van der Waals surface area contributed by atoms with Crippen LogP contribution in [0.25, 0.3) is 65.9 Å². The molecule has 0 aliphatic carbocycles. The first-order valence-electron chi connectivity index (χ1n) is 14.1. The highest BCUT2D eigenvalue weighted by Crippen LogP contribution is 2.43. The second-order valence-corrected chi connectivity index (χ2v) is 12.4. The van der Waals surface area contributed by atoms with Gasteiger partial charge < -0.3 is 4.42 Å². The van der Waals surface area contributed by atoms with Gasteiger partial charge in [-0.05, 0) is 63.6 Å². The Balaban J connectivity index is 1.49. The van der Waals surface area contributed by atoms with Gasteiger partial charge in [-0.15, -0.1) is 0 Å². The number of pyridine rings is 1. The molecule has 2 nitrogen and oxygen atoms in total. The Morgan fingerprint density at radius 1 is 0.650 bits per heavy atom. The zero-order valence-corrected chi connectivity index (χ0v) is 23.9. The molecule has 2 aromatic heterocycles. The van der Waals surface area contributed by atoms with Gasteiger partial charge in [0.15, 0.2) is 6.20 Å². The molecule has 0 N–H and O–H groups in total. The van der Waals surface area contributed by atoms with Gasteiger partial charge in [0.1, 0.15) is 18.2 Å². The Bertz CT molecular complexity index is 2090. The third-order valence-corrected chi connectivity index (χ3v) is 8.12. The lowest BCUT2D eigenvalue weighted by atomic mass is 9.88. The molecule has 0 radical (unpaired) electrons. The molecule has 0 spiro atoms. The normalized spacial score (nSPS) is 12.2. The van der Waals surface area contributed by atoms with Gasteiger partial charge in [-0.25, -0.2) is 4.57 Å². The average Bonchev–Trinajstić information content (AvgIpc) is 3.31. The van der Waals surface area contributed by atoms with Crippen LogP contribution < -0.4 is 4.57 Å². The zero-order chi connectivity index (χ0) is 27.6. The largest absolute Gasteiger partial charge is 0.454 e. The first-order chi connectivity index (χ1) is 19.3. The molecule has 196 valence electrons. The third kappa shape index (κ3) is 3.98. The highest BCUT2D eigenvalue weighted by Gasteiger charge is 2.23. The number of fused-ring (bicyclic) bond motifs is 6. The summed E-state index contributed by atoms with van der Waals surface area (Å²) in [5.41, 5.74) is 9.35. The van der Waals surface area contributed by atoms with Crippen LogP contribution in [0.15, 0.2) is 108 Å². The summed E-state index contributed by atoms with van der Waals surface area (Å²) in [6, 6.07) is 35.2. The molecule has 0 atom stereocenters. The van der Waals surface area contributed by atoms with E-state index in [4.69, 9.17) is 4.42 Å². The fraction of sp³-hybridized carbons (Fsp3) is 0.184. The van der Waals surface area contributed by atoms with E-state index in [1.807, 2.05) is 0 Å². The van der Waals surface area contributed by atoms with Gasteiger partial charge in [-0.3, -0.25) is 0 Å². The second kappa shape index (κ2) is 9.06. The molecule has 2 heterocycles. The standard InChI is InChI=1S/C38H34NO/c1-24-17-19-32-30-15-10-16-31(33-21-26-11-6-7-12-27(26)28-13-8-9-14-29(28)33)36(30)40-37(32)35(24)34-20-18-25(23-39(34)5)22-38(2,3)4/h6-21,23H,22H2,1-5H3/q+1.